The molecule has 1 aliphatic heterocycles. The molecular weight excluding hydrogens is 450 g/mol. The number of amides is 1. The number of halogens is 1. The maximum absolute atomic E-state index is 13.9. The van der Waals surface area contributed by atoms with Crippen LogP contribution < -0.4 is 5.32 Å². The zero-order valence-corrected chi connectivity index (χ0v) is 20.3. The molecular formula is C26H28ClN5O2. The number of hydrogen-bond donors (Lipinski definition) is 1. The van der Waals surface area contributed by atoms with Crippen molar-refractivity contribution in [2.45, 2.75) is 39.7 Å². The number of carbonyl (C=O) groups is 1. The first-order valence-corrected chi connectivity index (χ1v) is 12.0. The van der Waals surface area contributed by atoms with Crippen molar-refractivity contribution in [1.82, 2.24) is 19.7 Å². The number of piperidine rings is 1. The molecule has 7 nitrogen and oxygen atoms in total. The molecule has 1 aliphatic rings. The zero-order chi connectivity index (χ0) is 23.8. The maximum atomic E-state index is 13.9. The summed E-state index contributed by atoms with van der Waals surface area (Å²) in [5.74, 6) is 0.360. The summed E-state index contributed by atoms with van der Waals surface area (Å²) in [5, 5.41) is 8.46. The van der Waals surface area contributed by atoms with Crippen molar-refractivity contribution >= 4 is 34.6 Å². The number of benzene rings is 2. The van der Waals surface area contributed by atoms with E-state index in [0.717, 1.165) is 35.3 Å². The van der Waals surface area contributed by atoms with Crippen molar-refractivity contribution in [3.05, 3.63) is 70.5 Å². The van der Waals surface area contributed by atoms with E-state index in [2.05, 4.69) is 22.3 Å². The molecule has 5 rings (SSSR count). The third kappa shape index (κ3) is 4.40. The number of aromatic nitrogens is 3. The highest BCUT2D eigenvalue weighted by Gasteiger charge is 2.33. The number of nitrogens with one attached hydrogen (secondary N) is 1. The molecule has 2 aromatic carbocycles. The Balaban J connectivity index is 1.41. The number of fused-ring (bicyclic) bond motifs is 1. The fourth-order valence-corrected chi connectivity index (χ4v) is 4.87. The molecule has 0 saturated carbocycles. The molecule has 0 spiro atoms. The predicted octanol–water partition coefficient (Wildman–Crippen LogP) is 5.64. The topological polar surface area (TPSA) is 76.2 Å². The minimum Gasteiger partial charge on any atom is -0.424 e. The fourth-order valence-electron chi connectivity index (χ4n) is 4.70. The molecule has 4 aromatic rings. The number of nitrogens with zero attached hydrogens (tertiary/aromatic N) is 4. The van der Waals surface area contributed by atoms with Gasteiger partial charge in [0, 0.05) is 30.4 Å². The summed E-state index contributed by atoms with van der Waals surface area (Å²) >= 11 is 6.07. The van der Waals surface area contributed by atoms with Gasteiger partial charge in [-0.2, -0.15) is 10.1 Å². The third-order valence-corrected chi connectivity index (χ3v) is 6.78. The van der Waals surface area contributed by atoms with E-state index in [0.29, 0.717) is 41.2 Å². The average molecular weight is 478 g/mol. The molecule has 0 bridgehead atoms. The molecule has 3 heterocycles. The molecule has 1 saturated heterocycles. The second kappa shape index (κ2) is 9.14. The van der Waals surface area contributed by atoms with E-state index >= 15 is 0 Å². The normalized spacial score (nSPS) is 18.4. The van der Waals surface area contributed by atoms with E-state index in [4.69, 9.17) is 16.0 Å². The monoisotopic (exact) mass is 477 g/mol. The smallest absolute Gasteiger partial charge is 0.295 e. The Morgan fingerprint density at radius 3 is 2.85 bits per heavy atom. The number of hydrogen-bond acceptors (Lipinski definition) is 5. The SMILES string of the molecule is Cc1ccc(-n2ccc(C)n2)c(C(=O)N2CCC[C@@H](C)[C@H]2CNc2nc3ccc(Cl)cc3o2)c1. The lowest BCUT2D eigenvalue weighted by Crippen LogP contribution is -2.51. The second-order valence-electron chi connectivity index (χ2n) is 9.12. The maximum Gasteiger partial charge on any atom is 0.295 e. The number of aryl methyl sites for hydroxylation is 2. The van der Waals surface area contributed by atoms with Gasteiger partial charge in [-0.3, -0.25) is 4.79 Å². The lowest BCUT2D eigenvalue weighted by atomic mass is 9.90. The number of oxazole rings is 1. The third-order valence-electron chi connectivity index (χ3n) is 6.54. The minimum absolute atomic E-state index is 0.00701. The number of anilines is 1. The highest BCUT2D eigenvalue weighted by molar-refractivity contribution is 6.31. The number of rotatable bonds is 5. The van der Waals surface area contributed by atoms with Crippen LogP contribution in [0, 0.1) is 19.8 Å². The van der Waals surface area contributed by atoms with Crippen molar-refractivity contribution < 1.29 is 9.21 Å². The van der Waals surface area contributed by atoms with Crippen LogP contribution in [0.4, 0.5) is 6.01 Å². The molecule has 0 aliphatic carbocycles. The highest BCUT2D eigenvalue weighted by atomic mass is 35.5. The van der Waals surface area contributed by atoms with Crippen LogP contribution in [0.15, 0.2) is 53.1 Å². The number of carbonyl (C=O) groups excluding carboxylic acids is 1. The van der Waals surface area contributed by atoms with Gasteiger partial charge in [0.2, 0.25) is 0 Å². The Morgan fingerprint density at radius 1 is 1.21 bits per heavy atom. The van der Waals surface area contributed by atoms with Crippen molar-refractivity contribution in [1.29, 1.82) is 0 Å². The van der Waals surface area contributed by atoms with Crippen molar-refractivity contribution in [3.8, 4) is 5.69 Å². The van der Waals surface area contributed by atoms with Crippen LogP contribution in [0.5, 0.6) is 0 Å². The van der Waals surface area contributed by atoms with Gasteiger partial charge >= 0.3 is 0 Å². The summed E-state index contributed by atoms with van der Waals surface area (Å²) in [4.78, 5) is 20.4. The minimum atomic E-state index is 0.00701. The predicted molar refractivity (Wildman–Crippen MR) is 134 cm³/mol. The van der Waals surface area contributed by atoms with Crippen LogP contribution >= 0.6 is 11.6 Å². The Labute approximate surface area is 203 Å². The summed E-state index contributed by atoms with van der Waals surface area (Å²) < 4.78 is 7.61. The van der Waals surface area contributed by atoms with Crippen LogP contribution in [0.25, 0.3) is 16.8 Å². The van der Waals surface area contributed by atoms with E-state index in [1.807, 2.05) is 55.3 Å². The molecule has 1 amide bonds. The molecule has 0 unspecified atom stereocenters. The van der Waals surface area contributed by atoms with Gasteiger partial charge in [-0.15, -0.1) is 0 Å². The van der Waals surface area contributed by atoms with E-state index in [1.165, 1.54) is 0 Å². The second-order valence-corrected chi connectivity index (χ2v) is 9.56. The van der Waals surface area contributed by atoms with Gasteiger partial charge in [-0.25, -0.2) is 4.68 Å². The number of likely N-dealkylation sites (tertiary alicyclic amines) is 1. The van der Waals surface area contributed by atoms with Gasteiger partial charge in [0.1, 0.15) is 5.52 Å². The van der Waals surface area contributed by atoms with E-state index in [1.54, 1.807) is 16.8 Å². The Kier molecular flexibility index (Phi) is 6.04. The summed E-state index contributed by atoms with van der Waals surface area (Å²) in [6.07, 6.45) is 3.94. The Hall–Kier alpha value is -3.32. The molecule has 2 aromatic heterocycles. The fraction of sp³-hybridized carbons (Fsp3) is 0.346. The quantitative estimate of drug-likeness (QED) is 0.402. The van der Waals surface area contributed by atoms with E-state index in [-0.39, 0.29) is 11.9 Å². The first-order valence-electron chi connectivity index (χ1n) is 11.6. The first-order chi connectivity index (χ1) is 16.4. The van der Waals surface area contributed by atoms with Crippen molar-refractivity contribution in [2.75, 3.05) is 18.4 Å². The van der Waals surface area contributed by atoms with Crippen molar-refractivity contribution in [3.63, 3.8) is 0 Å². The van der Waals surface area contributed by atoms with E-state index < -0.39 is 0 Å². The van der Waals surface area contributed by atoms with Gasteiger partial charge in [0.05, 0.1) is 23.0 Å². The summed E-state index contributed by atoms with van der Waals surface area (Å²) in [5.41, 5.74) is 4.80. The Bertz CT molecular complexity index is 1340. The van der Waals surface area contributed by atoms with Crippen LogP contribution in [0.2, 0.25) is 5.02 Å². The average Bonchev–Trinajstić information content (AvgIpc) is 3.43. The standard InChI is InChI=1S/C26H28ClN5O2/c1-16-6-9-22(32-12-10-18(3)30-32)20(13-16)25(33)31-11-4-5-17(2)23(31)15-28-26-29-21-8-7-19(27)14-24(21)34-26/h6-10,12-14,17,23H,4-5,11,15H2,1-3H3,(H,28,29)/t17-,23-/m1/s1. The molecule has 2 atom stereocenters. The van der Waals surface area contributed by atoms with Crippen molar-refractivity contribution in [2.24, 2.45) is 5.92 Å². The van der Waals surface area contributed by atoms with Crippen LogP contribution in [0.1, 0.15) is 41.4 Å². The van der Waals surface area contributed by atoms with E-state index in [9.17, 15) is 4.79 Å². The van der Waals surface area contributed by atoms with Gasteiger partial charge in [-0.1, -0.05) is 30.2 Å². The van der Waals surface area contributed by atoms with Crippen LogP contribution in [-0.2, 0) is 0 Å². The molecule has 0 radical (unpaired) electrons. The lowest BCUT2D eigenvalue weighted by molar-refractivity contribution is 0.0539. The molecule has 8 heteroatoms. The van der Waals surface area contributed by atoms with Gasteiger partial charge < -0.3 is 14.6 Å². The lowest BCUT2D eigenvalue weighted by Gasteiger charge is -2.40. The summed E-state index contributed by atoms with van der Waals surface area (Å²) in [6, 6.07) is 13.7. The first kappa shape index (κ1) is 22.5. The highest BCUT2D eigenvalue weighted by Crippen LogP contribution is 2.28. The molecule has 34 heavy (non-hydrogen) atoms. The summed E-state index contributed by atoms with van der Waals surface area (Å²) in [6.45, 7) is 7.41. The largest absolute Gasteiger partial charge is 0.424 e. The zero-order valence-electron chi connectivity index (χ0n) is 19.6. The molecule has 1 N–H and O–H groups in total. The van der Waals surface area contributed by atoms with Crippen LogP contribution in [-0.4, -0.2) is 44.7 Å². The Morgan fingerprint density at radius 2 is 2.06 bits per heavy atom. The molecule has 176 valence electrons. The molecule has 1 fully saturated rings. The van der Waals surface area contributed by atoms with Gasteiger partial charge in [0.15, 0.2) is 5.58 Å². The van der Waals surface area contributed by atoms with Crippen LogP contribution in [0.3, 0.4) is 0 Å². The van der Waals surface area contributed by atoms with Gasteiger partial charge in [0.25, 0.3) is 11.9 Å². The van der Waals surface area contributed by atoms with Gasteiger partial charge in [-0.05, 0) is 62.9 Å². The summed E-state index contributed by atoms with van der Waals surface area (Å²) in [7, 11) is 0.